The summed E-state index contributed by atoms with van der Waals surface area (Å²) < 4.78 is 5.23. The van der Waals surface area contributed by atoms with Crippen molar-refractivity contribution >= 4 is 30.6 Å². The smallest absolute Gasteiger partial charge is 0.488 e. The second-order valence-electron chi connectivity index (χ2n) is 8.79. The summed E-state index contributed by atoms with van der Waals surface area (Å²) in [6.07, 6.45) is -0.876. The van der Waals surface area contributed by atoms with Crippen LogP contribution < -0.4 is 16.1 Å². The summed E-state index contributed by atoms with van der Waals surface area (Å²) in [6.45, 7) is 5.01. The summed E-state index contributed by atoms with van der Waals surface area (Å²) in [7, 11) is -1.65. The predicted molar refractivity (Wildman–Crippen MR) is 125 cm³/mol. The van der Waals surface area contributed by atoms with Gasteiger partial charge in [0.1, 0.15) is 23.4 Å². The molecule has 0 bridgehead atoms. The standard InChI is InChI=1S/C23H29BN2O8/c1-23(2,3)34-22(31)26-18(12-15-6-10-17(27)11-7-15)20(28)25-19(21(29)30)13-14-4-8-16(9-5-14)24(32)33/h4-11,18-19,27,32-33H,12-13H2,1-3H3,(H,25,28)(H,26,31)(H,29,30)/t18-,19-/m0/s1. The molecule has 2 aromatic rings. The van der Waals surface area contributed by atoms with Gasteiger partial charge in [-0.25, -0.2) is 9.59 Å². The van der Waals surface area contributed by atoms with Crippen LogP contribution in [0.5, 0.6) is 5.75 Å². The molecule has 6 N–H and O–H groups in total. The van der Waals surface area contributed by atoms with Gasteiger partial charge in [-0.1, -0.05) is 36.4 Å². The number of carbonyl (C=O) groups is 3. The molecule has 0 saturated heterocycles. The maximum Gasteiger partial charge on any atom is 0.488 e. The molecule has 2 rings (SSSR count). The van der Waals surface area contributed by atoms with Gasteiger partial charge < -0.3 is 35.6 Å². The van der Waals surface area contributed by atoms with Crippen LogP contribution >= 0.6 is 0 Å². The number of nitrogens with one attached hydrogen (secondary N) is 2. The fourth-order valence-corrected chi connectivity index (χ4v) is 3.06. The van der Waals surface area contributed by atoms with Crippen molar-refractivity contribution in [1.82, 2.24) is 10.6 Å². The molecule has 0 aliphatic rings. The Labute approximate surface area is 197 Å². The number of carboxylic acids is 1. The fourth-order valence-electron chi connectivity index (χ4n) is 3.06. The lowest BCUT2D eigenvalue weighted by atomic mass is 9.80. The Balaban J connectivity index is 2.17. The summed E-state index contributed by atoms with van der Waals surface area (Å²) in [5.74, 6) is -1.97. The van der Waals surface area contributed by atoms with Crippen LogP contribution in [0.25, 0.3) is 0 Å². The van der Waals surface area contributed by atoms with Gasteiger partial charge in [-0.3, -0.25) is 4.79 Å². The van der Waals surface area contributed by atoms with Crippen molar-refractivity contribution in [3.63, 3.8) is 0 Å². The highest BCUT2D eigenvalue weighted by Gasteiger charge is 2.29. The lowest BCUT2D eigenvalue weighted by Crippen LogP contribution is -2.53. The number of phenols is 1. The molecule has 0 fully saturated rings. The molecule has 2 atom stereocenters. The number of carbonyl (C=O) groups excluding carboxylic acids is 2. The van der Waals surface area contributed by atoms with Crippen molar-refractivity contribution in [2.75, 3.05) is 0 Å². The van der Waals surface area contributed by atoms with E-state index in [0.29, 0.717) is 11.1 Å². The molecule has 0 saturated carbocycles. The molecule has 182 valence electrons. The van der Waals surface area contributed by atoms with Crippen molar-refractivity contribution in [1.29, 1.82) is 0 Å². The highest BCUT2D eigenvalue weighted by Crippen LogP contribution is 2.13. The summed E-state index contributed by atoms with van der Waals surface area (Å²) in [5.41, 5.74) is 0.614. The highest BCUT2D eigenvalue weighted by atomic mass is 16.6. The molecular weight excluding hydrogens is 443 g/mol. The molecule has 0 aliphatic carbocycles. The zero-order valence-electron chi connectivity index (χ0n) is 19.2. The molecule has 0 heterocycles. The van der Waals surface area contributed by atoms with E-state index in [2.05, 4.69) is 10.6 Å². The number of rotatable bonds is 9. The molecule has 0 aliphatic heterocycles. The molecule has 10 nitrogen and oxygen atoms in total. The average molecular weight is 472 g/mol. The van der Waals surface area contributed by atoms with Crippen LogP contribution in [0, 0.1) is 0 Å². The van der Waals surface area contributed by atoms with E-state index in [1.54, 1.807) is 32.9 Å². The minimum absolute atomic E-state index is 0.0286. The number of ether oxygens (including phenoxy) is 1. The van der Waals surface area contributed by atoms with Crippen LogP contribution in [0.1, 0.15) is 31.9 Å². The first-order valence-electron chi connectivity index (χ1n) is 10.6. The van der Waals surface area contributed by atoms with Gasteiger partial charge in [0.2, 0.25) is 5.91 Å². The lowest BCUT2D eigenvalue weighted by Gasteiger charge is -2.24. The van der Waals surface area contributed by atoms with Crippen molar-refractivity contribution in [3.8, 4) is 5.75 Å². The van der Waals surface area contributed by atoms with E-state index >= 15 is 0 Å². The Morgan fingerprint density at radius 1 is 0.882 bits per heavy atom. The second kappa shape index (κ2) is 11.5. The predicted octanol–water partition coefficient (Wildman–Crippen LogP) is 0.320. The van der Waals surface area contributed by atoms with E-state index in [-0.39, 0.29) is 24.1 Å². The Morgan fingerprint density at radius 2 is 1.38 bits per heavy atom. The van der Waals surface area contributed by atoms with Crippen LogP contribution in [0.2, 0.25) is 0 Å². The van der Waals surface area contributed by atoms with E-state index in [4.69, 9.17) is 4.74 Å². The third-order valence-electron chi connectivity index (χ3n) is 4.72. The number of phenolic OH excluding ortho intramolecular Hbond substituents is 1. The Morgan fingerprint density at radius 3 is 1.85 bits per heavy atom. The number of aliphatic carboxylic acids is 1. The monoisotopic (exact) mass is 472 g/mol. The number of alkyl carbamates (subject to hydrolysis) is 1. The number of hydrogen-bond donors (Lipinski definition) is 6. The minimum atomic E-state index is -1.65. The van der Waals surface area contributed by atoms with Crippen molar-refractivity contribution < 1.29 is 39.4 Å². The lowest BCUT2D eigenvalue weighted by molar-refractivity contribution is -0.142. The topological polar surface area (TPSA) is 165 Å². The second-order valence-corrected chi connectivity index (χ2v) is 8.79. The van der Waals surface area contributed by atoms with Crippen molar-refractivity contribution in [2.24, 2.45) is 0 Å². The SMILES string of the molecule is CC(C)(C)OC(=O)N[C@@H](Cc1ccc(O)cc1)C(=O)N[C@@H](Cc1ccc(B(O)O)cc1)C(=O)O. The molecule has 0 aromatic heterocycles. The quantitative estimate of drug-likeness (QED) is 0.284. The number of amides is 2. The number of hydrogen-bond acceptors (Lipinski definition) is 7. The van der Waals surface area contributed by atoms with Crippen molar-refractivity contribution in [3.05, 3.63) is 59.7 Å². The maximum atomic E-state index is 13.0. The van der Waals surface area contributed by atoms with Gasteiger partial charge in [-0.05, 0) is 49.5 Å². The molecule has 2 amide bonds. The normalized spacial score (nSPS) is 12.9. The van der Waals surface area contributed by atoms with Gasteiger partial charge in [0.05, 0.1) is 0 Å². The largest absolute Gasteiger partial charge is 0.508 e. The van der Waals surface area contributed by atoms with Gasteiger partial charge in [-0.15, -0.1) is 0 Å². The Hall–Kier alpha value is -3.57. The summed E-state index contributed by atoms with van der Waals surface area (Å²) in [6, 6.07) is 9.53. The van der Waals surface area contributed by atoms with Gasteiger partial charge in [0.25, 0.3) is 0 Å². The first-order valence-corrected chi connectivity index (χ1v) is 10.6. The first kappa shape index (κ1) is 26.7. The number of aromatic hydroxyl groups is 1. The molecule has 11 heteroatoms. The van der Waals surface area contributed by atoms with Crippen LogP contribution in [0.4, 0.5) is 4.79 Å². The summed E-state index contributed by atoms with van der Waals surface area (Å²) in [4.78, 5) is 37.1. The average Bonchev–Trinajstić information content (AvgIpc) is 2.73. The number of benzene rings is 2. The van der Waals surface area contributed by atoms with E-state index in [9.17, 15) is 34.6 Å². The van der Waals surface area contributed by atoms with E-state index < -0.39 is 42.8 Å². The zero-order valence-corrected chi connectivity index (χ0v) is 19.2. The number of carboxylic acid groups (broad SMARTS) is 1. The Kier molecular flexibility index (Phi) is 9.05. The van der Waals surface area contributed by atoms with Crippen LogP contribution in [0.15, 0.2) is 48.5 Å². The zero-order chi connectivity index (χ0) is 25.5. The van der Waals surface area contributed by atoms with Gasteiger partial charge in [0, 0.05) is 12.8 Å². The highest BCUT2D eigenvalue weighted by molar-refractivity contribution is 6.58. The molecular formula is C23H29BN2O8. The molecule has 34 heavy (non-hydrogen) atoms. The molecule has 2 aromatic carbocycles. The molecule has 0 spiro atoms. The Bertz CT molecular complexity index is 988. The van der Waals surface area contributed by atoms with Gasteiger partial charge in [-0.2, -0.15) is 0 Å². The summed E-state index contributed by atoms with van der Waals surface area (Å²) in [5, 5.41) is 42.4. The van der Waals surface area contributed by atoms with Gasteiger partial charge >= 0.3 is 19.2 Å². The fraction of sp³-hybridized carbons (Fsp3) is 0.348. The third kappa shape index (κ3) is 8.76. The van der Waals surface area contributed by atoms with E-state index in [1.165, 1.54) is 36.4 Å². The van der Waals surface area contributed by atoms with Gasteiger partial charge in [0.15, 0.2) is 0 Å². The van der Waals surface area contributed by atoms with E-state index in [1.807, 2.05) is 0 Å². The molecule has 0 unspecified atom stereocenters. The van der Waals surface area contributed by atoms with E-state index in [0.717, 1.165) is 0 Å². The first-order chi connectivity index (χ1) is 15.8. The van der Waals surface area contributed by atoms with Crippen LogP contribution in [0.3, 0.4) is 0 Å². The summed E-state index contributed by atoms with van der Waals surface area (Å²) >= 11 is 0. The van der Waals surface area contributed by atoms with Crippen LogP contribution in [-0.2, 0) is 27.2 Å². The van der Waals surface area contributed by atoms with Crippen molar-refractivity contribution in [2.45, 2.75) is 51.3 Å². The third-order valence-corrected chi connectivity index (χ3v) is 4.72. The maximum absolute atomic E-state index is 13.0. The minimum Gasteiger partial charge on any atom is -0.508 e. The molecule has 0 radical (unpaired) electrons. The van der Waals surface area contributed by atoms with Crippen LogP contribution in [-0.4, -0.2) is 63.0 Å².